The summed E-state index contributed by atoms with van der Waals surface area (Å²) in [4.78, 5) is 25.1. The van der Waals surface area contributed by atoms with Crippen molar-refractivity contribution in [3.63, 3.8) is 0 Å². The summed E-state index contributed by atoms with van der Waals surface area (Å²) >= 11 is 0. The molecule has 2 aromatic heterocycles. The SMILES string of the molecule is Cc1ncc(/C=C/c2ccccc2)cc1C(=O)c1cccc(N2CCCC(c3ccccc3)C2)n1.[HH].[HH].[HH]. The van der Waals surface area contributed by atoms with Crippen molar-refractivity contribution >= 4 is 23.8 Å². The number of carbonyl (C=O) groups is 1. The predicted molar refractivity (Wildman–Crippen MR) is 149 cm³/mol. The van der Waals surface area contributed by atoms with Crippen LogP contribution in [-0.4, -0.2) is 28.8 Å². The molecule has 4 heteroatoms. The van der Waals surface area contributed by atoms with Crippen LogP contribution in [0.2, 0.25) is 0 Å². The molecule has 35 heavy (non-hydrogen) atoms. The molecule has 180 valence electrons. The molecule has 0 aliphatic carbocycles. The van der Waals surface area contributed by atoms with E-state index in [-0.39, 0.29) is 10.1 Å². The maximum absolute atomic E-state index is 13.5. The quantitative estimate of drug-likeness (QED) is 0.280. The molecule has 5 rings (SSSR count). The molecule has 4 nitrogen and oxygen atoms in total. The molecule has 0 amide bonds. The Kier molecular flexibility index (Phi) is 6.80. The molecule has 0 bridgehead atoms. The third-order valence-corrected chi connectivity index (χ3v) is 6.60. The van der Waals surface area contributed by atoms with E-state index in [1.807, 2.05) is 67.6 Å². The van der Waals surface area contributed by atoms with Gasteiger partial charge in [-0.2, -0.15) is 0 Å². The van der Waals surface area contributed by atoms with E-state index in [1.54, 1.807) is 12.3 Å². The number of piperidine rings is 1. The Labute approximate surface area is 211 Å². The molecule has 0 N–H and O–H groups in total. The molecule has 1 fully saturated rings. The minimum Gasteiger partial charge on any atom is -0.356 e. The lowest BCUT2D eigenvalue weighted by atomic mass is 9.90. The number of benzene rings is 2. The molecule has 1 aliphatic rings. The number of hydrogen-bond acceptors (Lipinski definition) is 4. The summed E-state index contributed by atoms with van der Waals surface area (Å²) in [7, 11) is 0. The van der Waals surface area contributed by atoms with E-state index in [0.29, 0.717) is 22.9 Å². The molecule has 4 aromatic rings. The van der Waals surface area contributed by atoms with E-state index in [2.05, 4.69) is 40.2 Å². The minimum absolute atomic E-state index is 0. The zero-order chi connectivity index (χ0) is 24.0. The standard InChI is InChI=1S/C31H29N3O.3H2/c1-23-28(20-25(21-32-23)18-17-24-10-4-2-5-11-24)31(35)29-15-8-16-30(33-29)34-19-9-14-27(22-34)26-12-6-3-7-13-26;;;/h2-8,10-13,15-18,20-21,27H,9,14,19,22H2,1H3;3*1H/b18-17+;;;. The van der Waals surface area contributed by atoms with Gasteiger partial charge in [0.1, 0.15) is 11.5 Å². The van der Waals surface area contributed by atoms with Gasteiger partial charge in [0.2, 0.25) is 5.78 Å². The summed E-state index contributed by atoms with van der Waals surface area (Å²) in [6.45, 7) is 3.74. The Morgan fingerprint density at radius 2 is 1.69 bits per heavy atom. The number of aryl methyl sites for hydroxylation is 1. The van der Waals surface area contributed by atoms with Gasteiger partial charge in [0, 0.05) is 40.7 Å². The second-order valence-corrected chi connectivity index (χ2v) is 9.05. The van der Waals surface area contributed by atoms with Crippen LogP contribution in [0.1, 0.15) is 61.5 Å². The molecule has 1 unspecified atom stereocenters. The Morgan fingerprint density at radius 3 is 2.49 bits per heavy atom. The van der Waals surface area contributed by atoms with Crippen LogP contribution in [-0.2, 0) is 0 Å². The van der Waals surface area contributed by atoms with Crippen LogP contribution >= 0.6 is 0 Å². The molecule has 2 aromatic carbocycles. The predicted octanol–water partition coefficient (Wildman–Crippen LogP) is 7.31. The fourth-order valence-electron chi connectivity index (χ4n) is 4.67. The maximum atomic E-state index is 13.5. The second kappa shape index (κ2) is 10.5. The van der Waals surface area contributed by atoms with Gasteiger partial charge in [0.15, 0.2) is 0 Å². The minimum atomic E-state index is -0.0940. The lowest BCUT2D eigenvalue weighted by Gasteiger charge is -2.34. The van der Waals surface area contributed by atoms with E-state index in [0.717, 1.165) is 36.5 Å². The van der Waals surface area contributed by atoms with Gasteiger partial charge in [-0.3, -0.25) is 9.78 Å². The zero-order valence-corrected chi connectivity index (χ0v) is 20.0. The number of hydrogen-bond donors (Lipinski definition) is 0. The smallest absolute Gasteiger partial charge is 0.213 e. The molecular weight excluding hydrogens is 430 g/mol. The first-order chi connectivity index (χ1) is 17.2. The van der Waals surface area contributed by atoms with Crippen molar-refractivity contribution in [2.45, 2.75) is 25.7 Å². The third-order valence-electron chi connectivity index (χ3n) is 6.60. The first-order valence-corrected chi connectivity index (χ1v) is 12.2. The largest absolute Gasteiger partial charge is 0.356 e. The molecule has 3 heterocycles. The Hall–Kier alpha value is -4.05. The highest BCUT2D eigenvalue weighted by molar-refractivity contribution is 6.08. The van der Waals surface area contributed by atoms with Gasteiger partial charge in [-0.25, -0.2) is 4.98 Å². The summed E-state index contributed by atoms with van der Waals surface area (Å²) in [5.74, 6) is 1.25. The number of rotatable bonds is 6. The van der Waals surface area contributed by atoms with Gasteiger partial charge < -0.3 is 4.90 Å². The fraction of sp³-hybridized carbons (Fsp3) is 0.194. The van der Waals surface area contributed by atoms with Crippen molar-refractivity contribution < 1.29 is 9.07 Å². The molecule has 1 aliphatic heterocycles. The highest BCUT2D eigenvalue weighted by Gasteiger charge is 2.23. The molecule has 0 spiro atoms. The maximum Gasteiger partial charge on any atom is 0.213 e. The Balaban J connectivity index is 0.00000169. The van der Waals surface area contributed by atoms with Crippen molar-refractivity contribution in [2.24, 2.45) is 0 Å². The van der Waals surface area contributed by atoms with Crippen molar-refractivity contribution in [1.82, 2.24) is 9.97 Å². The number of aromatic nitrogens is 2. The first-order valence-electron chi connectivity index (χ1n) is 12.2. The summed E-state index contributed by atoms with van der Waals surface area (Å²) < 4.78 is 0. The molecule has 0 saturated carbocycles. The van der Waals surface area contributed by atoms with E-state index in [9.17, 15) is 4.79 Å². The normalized spacial score (nSPS) is 15.9. The number of ketones is 1. The van der Waals surface area contributed by atoms with Crippen LogP contribution in [0.15, 0.2) is 91.1 Å². The molecule has 1 saturated heterocycles. The highest BCUT2D eigenvalue weighted by Crippen LogP contribution is 2.29. The van der Waals surface area contributed by atoms with Gasteiger partial charge in [0.05, 0.1) is 0 Å². The van der Waals surface area contributed by atoms with Gasteiger partial charge in [-0.1, -0.05) is 78.9 Å². The second-order valence-electron chi connectivity index (χ2n) is 9.05. The Morgan fingerprint density at radius 1 is 0.943 bits per heavy atom. The van der Waals surface area contributed by atoms with Crippen LogP contribution in [0.3, 0.4) is 0 Å². The van der Waals surface area contributed by atoms with Crippen molar-refractivity contribution in [2.75, 3.05) is 18.0 Å². The topological polar surface area (TPSA) is 46.1 Å². The van der Waals surface area contributed by atoms with Crippen LogP contribution in [0.5, 0.6) is 0 Å². The van der Waals surface area contributed by atoms with Gasteiger partial charge in [-0.15, -0.1) is 0 Å². The van der Waals surface area contributed by atoms with E-state index in [4.69, 9.17) is 4.98 Å². The van der Waals surface area contributed by atoms with Gasteiger partial charge >= 0.3 is 0 Å². The Bertz CT molecular complexity index is 1350. The van der Waals surface area contributed by atoms with Crippen molar-refractivity contribution in [1.29, 1.82) is 0 Å². The highest BCUT2D eigenvalue weighted by atomic mass is 16.1. The fourth-order valence-corrected chi connectivity index (χ4v) is 4.67. The summed E-state index contributed by atoms with van der Waals surface area (Å²) in [5.41, 5.74) is 5.11. The number of anilines is 1. The van der Waals surface area contributed by atoms with E-state index in [1.165, 1.54) is 12.0 Å². The van der Waals surface area contributed by atoms with Crippen molar-refractivity contribution in [3.05, 3.63) is 125 Å². The van der Waals surface area contributed by atoms with Gasteiger partial charge in [-0.05, 0) is 54.7 Å². The van der Waals surface area contributed by atoms with Crippen LogP contribution < -0.4 is 4.90 Å². The third kappa shape index (κ3) is 5.38. The number of nitrogens with zero attached hydrogens (tertiary/aromatic N) is 3. The van der Waals surface area contributed by atoms with Gasteiger partial charge in [0.25, 0.3) is 0 Å². The molecule has 0 radical (unpaired) electrons. The molecular formula is C31H35N3O. The van der Waals surface area contributed by atoms with E-state index >= 15 is 0 Å². The van der Waals surface area contributed by atoms with Crippen LogP contribution in [0, 0.1) is 6.92 Å². The summed E-state index contributed by atoms with van der Waals surface area (Å²) in [6, 6.07) is 28.4. The van der Waals surface area contributed by atoms with E-state index < -0.39 is 0 Å². The number of carbonyl (C=O) groups excluding carboxylic acids is 1. The summed E-state index contributed by atoms with van der Waals surface area (Å²) in [6.07, 6.45) is 8.09. The average molecular weight is 466 g/mol. The van der Waals surface area contributed by atoms with Crippen molar-refractivity contribution in [3.8, 4) is 0 Å². The molecule has 1 atom stereocenters. The number of pyridine rings is 2. The monoisotopic (exact) mass is 465 g/mol. The zero-order valence-electron chi connectivity index (χ0n) is 20.0. The first kappa shape index (κ1) is 22.7. The average Bonchev–Trinajstić information content (AvgIpc) is 2.93. The summed E-state index contributed by atoms with van der Waals surface area (Å²) in [5, 5.41) is 0. The lowest BCUT2D eigenvalue weighted by molar-refractivity contribution is 0.103. The lowest BCUT2D eigenvalue weighted by Crippen LogP contribution is -2.35. The van der Waals surface area contributed by atoms with Crippen LogP contribution in [0.25, 0.3) is 12.2 Å². The van der Waals surface area contributed by atoms with Crippen LogP contribution in [0.4, 0.5) is 5.82 Å².